The van der Waals surface area contributed by atoms with Gasteiger partial charge < -0.3 is 10.2 Å². The van der Waals surface area contributed by atoms with Gasteiger partial charge >= 0.3 is 17.8 Å². The van der Waals surface area contributed by atoms with E-state index in [9.17, 15) is 19.2 Å². The molecule has 2 aliphatic rings. The van der Waals surface area contributed by atoms with Crippen LogP contribution in [0.25, 0.3) is 0 Å². The van der Waals surface area contributed by atoms with Gasteiger partial charge in [-0.3, -0.25) is 19.3 Å². The molecular formula is C19H24N4O4. The van der Waals surface area contributed by atoms with Crippen LogP contribution in [0.2, 0.25) is 0 Å². The molecule has 0 aromatic heterocycles. The molecule has 0 bridgehead atoms. The van der Waals surface area contributed by atoms with E-state index in [1.165, 1.54) is 12.8 Å². The summed E-state index contributed by atoms with van der Waals surface area (Å²) in [6, 6.07) is 6.72. The number of carbonyl (C=O) groups excluding carboxylic acids is 4. The van der Waals surface area contributed by atoms with Crippen molar-refractivity contribution < 1.29 is 19.2 Å². The lowest BCUT2D eigenvalue weighted by atomic mass is 9.99. The molecule has 0 aliphatic carbocycles. The maximum absolute atomic E-state index is 12.2. The fourth-order valence-corrected chi connectivity index (χ4v) is 3.34. The van der Waals surface area contributed by atoms with Crippen LogP contribution in [0.1, 0.15) is 26.7 Å². The molecule has 3 rings (SSSR count). The lowest BCUT2D eigenvalue weighted by molar-refractivity contribution is -0.143. The first-order valence-electron chi connectivity index (χ1n) is 9.23. The summed E-state index contributed by atoms with van der Waals surface area (Å²) < 4.78 is 0. The van der Waals surface area contributed by atoms with E-state index in [1.54, 1.807) is 19.1 Å². The number of imide groups is 2. The molecule has 0 spiro atoms. The summed E-state index contributed by atoms with van der Waals surface area (Å²) in [6.45, 7) is 5.52. The van der Waals surface area contributed by atoms with E-state index in [0.29, 0.717) is 10.6 Å². The summed E-state index contributed by atoms with van der Waals surface area (Å²) in [5.41, 5.74) is 1.68. The predicted molar refractivity (Wildman–Crippen MR) is 100 cm³/mol. The van der Waals surface area contributed by atoms with Crippen molar-refractivity contribution in [1.29, 1.82) is 0 Å². The number of anilines is 2. The number of rotatable bonds is 5. The fourth-order valence-electron chi connectivity index (χ4n) is 3.34. The van der Waals surface area contributed by atoms with Crippen molar-refractivity contribution in [3.63, 3.8) is 0 Å². The highest BCUT2D eigenvalue weighted by Gasteiger charge is 2.44. The maximum atomic E-state index is 12.2. The highest BCUT2D eigenvalue weighted by Crippen LogP contribution is 2.24. The first-order valence-corrected chi connectivity index (χ1v) is 9.23. The Kier molecular flexibility index (Phi) is 5.43. The molecule has 2 saturated heterocycles. The number of nitrogens with zero attached hydrogens (tertiary/aromatic N) is 3. The van der Waals surface area contributed by atoms with Gasteiger partial charge in [-0.15, -0.1) is 0 Å². The Morgan fingerprint density at radius 3 is 2.19 bits per heavy atom. The Bertz CT molecular complexity index is 753. The van der Waals surface area contributed by atoms with Crippen LogP contribution < -0.4 is 10.2 Å². The first-order chi connectivity index (χ1) is 12.9. The predicted octanol–water partition coefficient (Wildman–Crippen LogP) is 1.67. The quantitative estimate of drug-likeness (QED) is 0.627. The smallest absolute Gasteiger partial charge is 0.334 e. The molecule has 0 saturated carbocycles. The zero-order valence-corrected chi connectivity index (χ0v) is 15.6. The van der Waals surface area contributed by atoms with Crippen LogP contribution in [0.15, 0.2) is 24.3 Å². The van der Waals surface area contributed by atoms with Gasteiger partial charge in [-0.25, -0.2) is 9.69 Å². The van der Waals surface area contributed by atoms with Crippen molar-refractivity contribution in [2.45, 2.75) is 26.7 Å². The lowest BCUT2D eigenvalue weighted by Crippen LogP contribution is -2.39. The van der Waals surface area contributed by atoms with Crippen molar-refractivity contribution in [2.75, 3.05) is 36.4 Å². The second-order valence-corrected chi connectivity index (χ2v) is 6.99. The van der Waals surface area contributed by atoms with Crippen LogP contribution >= 0.6 is 0 Å². The van der Waals surface area contributed by atoms with E-state index in [2.05, 4.69) is 17.1 Å². The minimum atomic E-state index is -0.966. The zero-order chi connectivity index (χ0) is 19.6. The third-order valence-corrected chi connectivity index (χ3v) is 5.05. The number of amides is 5. The SMILES string of the molecule is CCN1C(=O)C(=O)N(CC(=O)Nc2ccc(N3CCC(C)CC3)cc2)C1=O. The van der Waals surface area contributed by atoms with Crippen LogP contribution in [0.4, 0.5) is 16.2 Å². The van der Waals surface area contributed by atoms with Crippen molar-refractivity contribution in [3.8, 4) is 0 Å². The molecule has 144 valence electrons. The summed E-state index contributed by atoms with van der Waals surface area (Å²) in [5.74, 6) is -1.63. The normalized spacial score (nSPS) is 18.4. The van der Waals surface area contributed by atoms with E-state index in [1.807, 2.05) is 12.1 Å². The van der Waals surface area contributed by atoms with E-state index in [0.717, 1.165) is 29.6 Å². The highest BCUT2D eigenvalue weighted by atomic mass is 16.2. The first kappa shape index (κ1) is 18.9. The van der Waals surface area contributed by atoms with Gasteiger partial charge in [0.1, 0.15) is 6.54 Å². The summed E-state index contributed by atoms with van der Waals surface area (Å²) in [7, 11) is 0. The molecule has 5 amide bonds. The third kappa shape index (κ3) is 3.94. The number of benzene rings is 1. The lowest BCUT2D eigenvalue weighted by Gasteiger charge is -2.32. The minimum absolute atomic E-state index is 0.0955. The molecule has 0 atom stereocenters. The number of hydrogen-bond donors (Lipinski definition) is 1. The van der Waals surface area contributed by atoms with Crippen LogP contribution in [0, 0.1) is 5.92 Å². The highest BCUT2D eigenvalue weighted by molar-refractivity contribution is 6.45. The number of carbonyl (C=O) groups is 4. The molecule has 0 unspecified atom stereocenters. The summed E-state index contributed by atoms with van der Waals surface area (Å²) >= 11 is 0. The maximum Gasteiger partial charge on any atom is 0.334 e. The summed E-state index contributed by atoms with van der Waals surface area (Å²) in [6.07, 6.45) is 2.34. The second-order valence-electron chi connectivity index (χ2n) is 6.99. The molecule has 1 aromatic rings. The van der Waals surface area contributed by atoms with Crippen LogP contribution in [0.5, 0.6) is 0 Å². The summed E-state index contributed by atoms with van der Waals surface area (Å²) in [4.78, 5) is 51.5. The van der Waals surface area contributed by atoms with Gasteiger partial charge in [-0.2, -0.15) is 0 Å². The number of likely N-dealkylation sites (N-methyl/N-ethyl adjacent to an activating group) is 1. The van der Waals surface area contributed by atoms with Gasteiger partial charge in [0.25, 0.3) is 0 Å². The Labute approximate surface area is 158 Å². The van der Waals surface area contributed by atoms with E-state index in [-0.39, 0.29) is 6.54 Å². The number of piperidine rings is 1. The molecular weight excluding hydrogens is 348 g/mol. The average Bonchev–Trinajstić information content (AvgIpc) is 2.86. The van der Waals surface area contributed by atoms with Crippen molar-refractivity contribution in [2.24, 2.45) is 5.92 Å². The van der Waals surface area contributed by atoms with Crippen molar-refractivity contribution in [3.05, 3.63) is 24.3 Å². The number of nitrogens with one attached hydrogen (secondary N) is 1. The molecule has 27 heavy (non-hydrogen) atoms. The molecule has 2 heterocycles. The van der Waals surface area contributed by atoms with Crippen LogP contribution in [-0.2, 0) is 14.4 Å². The molecule has 0 radical (unpaired) electrons. The van der Waals surface area contributed by atoms with E-state index in [4.69, 9.17) is 0 Å². The molecule has 1 aromatic carbocycles. The topological polar surface area (TPSA) is 90.0 Å². The Morgan fingerprint density at radius 1 is 1.04 bits per heavy atom. The molecule has 8 heteroatoms. The standard InChI is InChI=1S/C19H24N4O4/c1-3-22-17(25)18(26)23(19(22)27)12-16(24)20-14-4-6-15(7-5-14)21-10-8-13(2)9-11-21/h4-7,13H,3,8-12H2,1-2H3,(H,20,24). The van der Waals surface area contributed by atoms with Gasteiger partial charge in [0.05, 0.1) is 0 Å². The number of urea groups is 1. The van der Waals surface area contributed by atoms with E-state index < -0.39 is 30.3 Å². The fraction of sp³-hybridized carbons (Fsp3) is 0.474. The molecule has 2 fully saturated rings. The van der Waals surface area contributed by atoms with Crippen molar-refractivity contribution in [1.82, 2.24) is 9.80 Å². The molecule has 1 N–H and O–H groups in total. The third-order valence-electron chi connectivity index (χ3n) is 5.05. The van der Waals surface area contributed by atoms with E-state index >= 15 is 0 Å². The monoisotopic (exact) mass is 372 g/mol. The molecule has 8 nitrogen and oxygen atoms in total. The van der Waals surface area contributed by atoms with Crippen LogP contribution in [-0.4, -0.2) is 59.7 Å². The zero-order valence-electron chi connectivity index (χ0n) is 15.6. The average molecular weight is 372 g/mol. The molecule has 2 aliphatic heterocycles. The van der Waals surface area contributed by atoms with Gasteiger partial charge in [-0.05, 0) is 49.9 Å². The van der Waals surface area contributed by atoms with Gasteiger partial charge in [0.15, 0.2) is 0 Å². The largest absolute Gasteiger partial charge is 0.372 e. The summed E-state index contributed by atoms with van der Waals surface area (Å²) in [5, 5.41) is 2.66. The van der Waals surface area contributed by atoms with Gasteiger partial charge in [-0.1, -0.05) is 6.92 Å². The van der Waals surface area contributed by atoms with Crippen LogP contribution in [0.3, 0.4) is 0 Å². The Balaban J connectivity index is 1.57. The minimum Gasteiger partial charge on any atom is -0.372 e. The van der Waals surface area contributed by atoms with Crippen molar-refractivity contribution >= 4 is 35.1 Å². The Hall–Kier alpha value is -2.90. The Morgan fingerprint density at radius 2 is 1.63 bits per heavy atom. The number of hydrogen-bond acceptors (Lipinski definition) is 5. The van der Waals surface area contributed by atoms with Gasteiger partial charge in [0, 0.05) is 31.0 Å². The second kappa shape index (κ2) is 7.77. The van der Waals surface area contributed by atoms with Gasteiger partial charge in [0.2, 0.25) is 5.91 Å².